The number of nitrogens with one attached hydrogen (secondary N) is 1. The van der Waals surface area contributed by atoms with Crippen molar-refractivity contribution in [3.05, 3.63) is 59.9 Å². The number of morpholine rings is 1. The highest BCUT2D eigenvalue weighted by Crippen LogP contribution is 2.24. The number of nitrogens with two attached hydrogens (primary N) is 1. The topological polar surface area (TPSA) is 128 Å². The molecule has 1 atom stereocenters. The van der Waals surface area contributed by atoms with Gasteiger partial charge in [0.1, 0.15) is 23.8 Å². The van der Waals surface area contributed by atoms with Crippen LogP contribution in [0.2, 0.25) is 0 Å². The van der Waals surface area contributed by atoms with Crippen LogP contribution in [0.1, 0.15) is 12.0 Å². The summed E-state index contributed by atoms with van der Waals surface area (Å²) in [6.45, 7) is 1.56. The van der Waals surface area contributed by atoms with Gasteiger partial charge in [0, 0.05) is 6.54 Å². The summed E-state index contributed by atoms with van der Waals surface area (Å²) in [5.41, 5.74) is 5.08. The van der Waals surface area contributed by atoms with Crippen molar-refractivity contribution >= 4 is 21.8 Å². The number of nitrogens with zero attached hydrogens (tertiary/aromatic N) is 1. The third-order valence-electron chi connectivity index (χ3n) is 5.16. The van der Waals surface area contributed by atoms with Crippen LogP contribution in [0.4, 0.5) is 4.39 Å². The number of rotatable bonds is 9. The van der Waals surface area contributed by atoms with E-state index in [2.05, 4.69) is 4.72 Å². The molecule has 0 unspecified atom stereocenters. The minimum Gasteiger partial charge on any atom is -0.490 e. The van der Waals surface area contributed by atoms with E-state index in [4.69, 9.17) is 15.2 Å². The molecule has 2 amide bonds. The van der Waals surface area contributed by atoms with Crippen LogP contribution in [-0.4, -0.2) is 63.6 Å². The smallest absolute Gasteiger partial charge is 0.241 e. The molecule has 33 heavy (non-hydrogen) atoms. The molecular weight excluding hydrogens is 453 g/mol. The summed E-state index contributed by atoms with van der Waals surface area (Å²) in [5, 5.41) is 0. The van der Waals surface area contributed by atoms with E-state index in [9.17, 15) is 22.4 Å². The maximum absolute atomic E-state index is 13.1. The minimum absolute atomic E-state index is 0.0256. The molecule has 178 valence electrons. The molecule has 1 saturated heterocycles. The van der Waals surface area contributed by atoms with E-state index in [0.29, 0.717) is 5.75 Å². The molecule has 0 aromatic heterocycles. The SMILES string of the molecule is Cc1ccc(S(=O)(=O)NCC(=O)N2CCO[C@@](COc3ccc(F)cc3)(CC(N)=O)C2)cc1. The maximum Gasteiger partial charge on any atom is 0.241 e. The van der Waals surface area contributed by atoms with Crippen molar-refractivity contribution in [3.63, 3.8) is 0 Å². The van der Waals surface area contributed by atoms with E-state index in [0.717, 1.165) is 5.56 Å². The van der Waals surface area contributed by atoms with Crippen LogP contribution in [-0.2, 0) is 24.3 Å². The molecule has 11 heteroatoms. The molecule has 9 nitrogen and oxygen atoms in total. The van der Waals surface area contributed by atoms with Crippen molar-refractivity contribution in [2.24, 2.45) is 5.73 Å². The van der Waals surface area contributed by atoms with Crippen LogP contribution in [0.15, 0.2) is 53.4 Å². The Morgan fingerprint density at radius 3 is 2.48 bits per heavy atom. The highest BCUT2D eigenvalue weighted by Gasteiger charge is 2.41. The number of carbonyl (C=O) groups is 2. The lowest BCUT2D eigenvalue weighted by atomic mass is 9.97. The molecule has 3 N–H and O–H groups in total. The number of amides is 2. The first-order valence-corrected chi connectivity index (χ1v) is 11.7. The van der Waals surface area contributed by atoms with Crippen LogP contribution in [0.5, 0.6) is 5.75 Å². The van der Waals surface area contributed by atoms with E-state index < -0.39 is 39.8 Å². The molecule has 1 aliphatic heterocycles. The summed E-state index contributed by atoms with van der Waals surface area (Å²) in [5.74, 6) is -1.19. The Morgan fingerprint density at radius 2 is 1.85 bits per heavy atom. The van der Waals surface area contributed by atoms with Crippen LogP contribution in [0.3, 0.4) is 0 Å². The first-order valence-electron chi connectivity index (χ1n) is 10.2. The van der Waals surface area contributed by atoms with Gasteiger partial charge in [-0.05, 0) is 43.3 Å². The van der Waals surface area contributed by atoms with Crippen molar-refractivity contribution in [3.8, 4) is 5.75 Å². The fourth-order valence-corrected chi connectivity index (χ4v) is 4.41. The van der Waals surface area contributed by atoms with Crippen molar-refractivity contribution in [1.29, 1.82) is 0 Å². The number of halogens is 1. The normalized spacial score (nSPS) is 18.7. The predicted octanol–water partition coefficient (Wildman–Crippen LogP) is 0.964. The van der Waals surface area contributed by atoms with E-state index in [1.807, 2.05) is 6.92 Å². The Morgan fingerprint density at radius 1 is 1.18 bits per heavy atom. The fourth-order valence-electron chi connectivity index (χ4n) is 3.44. The molecule has 0 bridgehead atoms. The van der Waals surface area contributed by atoms with Gasteiger partial charge in [-0.15, -0.1) is 0 Å². The Labute approximate surface area is 191 Å². The van der Waals surface area contributed by atoms with Crippen molar-refractivity contribution < 1.29 is 31.9 Å². The predicted molar refractivity (Wildman–Crippen MR) is 117 cm³/mol. The van der Waals surface area contributed by atoms with Crippen LogP contribution in [0, 0.1) is 12.7 Å². The zero-order valence-electron chi connectivity index (χ0n) is 18.1. The van der Waals surface area contributed by atoms with Gasteiger partial charge in [0.15, 0.2) is 0 Å². The number of aryl methyl sites for hydroxylation is 1. The second-order valence-electron chi connectivity index (χ2n) is 7.87. The van der Waals surface area contributed by atoms with Gasteiger partial charge in [-0.2, -0.15) is 0 Å². The van der Waals surface area contributed by atoms with Gasteiger partial charge in [0.25, 0.3) is 0 Å². The molecule has 1 aliphatic rings. The second kappa shape index (κ2) is 10.3. The number of ether oxygens (including phenoxy) is 2. The molecule has 0 saturated carbocycles. The van der Waals surface area contributed by atoms with Gasteiger partial charge in [-0.25, -0.2) is 17.5 Å². The molecular formula is C22H26FN3O6S. The summed E-state index contributed by atoms with van der Waals surface area (Å²) in [6.07, 6.45) is -0.215. The zero-order valence-corrected chi connectivity index (χ0v) is 18.9. The van der Waals surface area contributed by atoms with Gasteiger partial charge in [0.05, 0.1) is 31.0 Å². The van der Waals surface area contributed by atoms with Crippen LogP contribution < -0.4 is 15.2 Å². The highest BCUT2D eigenvalue weighted by atomic mass is 32.2. The van der Waals surface area contributed by atoms with Crippen LogP contribution in [0.25, 0.3) is 0 Å². The summed E-state index contributed by atoms with van der Waals surface area (Å²) in [7, 11) is -3.87. The molecule has 1 fully saturated rings. The van der Waals surface area contributed by atoms with Gasteiger partial charge in [0.2, 0.25) is 21.8 Å². The standard InChI is InChI=1S/C22H26FN3O6S/c1-16-2-8-19(9-3-16)33(29,30)25-13-21(28)26-10-11-32-22(14-26,12-20(24)27)15-31-18-6-4-17(23)5-7-18/h2-9,25H,10-15H2,1H3,(H2,24,27)/t22-/m0/s1. The molecule has 0 spiro atoms. The lowest BCUT2D eigenvalue weighted by molar-refractivity contribution is -0.161. The molecule has 1 heterocycles. The average molecular weight is 480 g/mol. The maximum atomic E-state index is 13.1. The Balaban J connectivity index is 1.65. The molecule has 0 radical (unpaired) electrons. The van der Waals surface area contributed by atoms with Gasteiger partial charge in [-0.1, -0.05) is 17.7 Å². The minimum atomic E-state index is -3.87. The van der Waals surface area contributed by atoms with Crippen molar-refractivity contribution in [2.45, 2.75) is 23.8 Å². The first-order chi connectivity index (χ1) is 15.6. The number of carbonyl (C=O) groups excluding carboxylic acids is 2. The second-order valence-corrected chi connectivity index (χ2v) is 9.64. The highest BCUT2D eigenvalue weighted by molar-refractivity contribution is 7.89. The van der Waals surface area contributed by atoms with E-state index >= 15 is 0 Å². The molecule has 3 rings (SSSR count). The van der Waals surface area contributed by atoms with Gasteiger partial charge < -0.3 is 20.1 Å². The summed E-state index contributed by atoms with van der Waals surface area (Å²) < 4.78 is 51.8. The van der Waals surface area contributed by atoms with Crippen molar-refractivity contribution in [1.82, 2.24) is 9.62 Å². The molecule has 0 aliphatic carbocycles. The number of benzene rings is 2. The van der Waals surface area contributed by atoms with Gasteiger partial charge >= 0.3 is 0 Å². The monoisotopic (exact) mass is 479 g/mol. The summed E-state index contributed by atoms with van der Waals surface area (Å²) >= 11 is 0. The summed E-state index contributed by atoms with van der Waals surface area (Å²) in [6, 6.07) is 11.6. The lowest BCUT2D eigenvalue weighted by Gasteiger charge is -2.42. The number of hydrogen-bond donors (Lipinski definition) is 2. The van der Waals surface area contributed by atoms with Crippen molar-refractivity contribution in [2.75, 3.05) is 32.8 Å². The Bertz CT molecular complexity index is 1090. The number of hydrogen-bond acceptors (Lipinski definition) is 6. The fraction of sp³-hybridized carbons (Fsp3) is 0.364. The van der Waals surface area contributed by atoms with E-state index in [1.165, 1.54) is 41.3 Å². The Hall–Kier alpha value is -3.02. The van der Waals surface area contributed by atoms with E-state index in [-0.39, 0.29) is 37.6 Å². The van der Waals surface area contributed by atoms with E-state index in [1.54, 1.807) is 12.1 Å². The zero-order chi connectivity index (χ0) is 24.1. The average Bonchev–Trinajstić information content (AvgIpc) is 2.77. The lowest BCUT2D eigenvalue weighted by Crippen LogP contribution is -2.59. The largest absolute Gasteiger partial charge is 0.490 e. The summed E-state index contributed by atoms with van der Waals surface area (Å²) in [4.78, 5) is 25.9. The van der Waals surface area contributed by atoms with Gasteiger partial charge in [-0.3, -0.25) is 9.59 Å². The number of sulfonamides is 1. The quantitative estimate of drug-likeness (QED) is 0.552. The van der Waals surface area contributed by atoms with Crippen LogP contribution >= 0.6 is 0 Å². The molecule has 2 aromatic carbocycles. The third kappa shape index (κ3) is 6.73. The third-order valence-corrected chi connectivity index (χ3v) is 6.57. The first kappa shape index (κ1) is 24.6. The number of primary amides is 1. The molecule has 2 aromatic rings. The Kier molecular flexibility index (Phi) is 7.67.